The number of halogens is 1. The molecule has 0 aromatic heterocycles. The summed E-state index contributed by atoms with van der Waals surface area (Å²) in [7, 11) is 3.09. The number of carbonyl (C=O) groups is 2. The van der Waals surface area contributed by atoms with Gasteiger partial charge in [-0.2, -0.15) is 5.10 Å². The van der Waals surface area contributed by atoms with Crippen LogP contribution in [-0.2, 0) is 4.79 Å². The Balaban J connectivity index is 2.03. The second-order valence-corrected chi connectivity index (χ2v) is 6.99. The highest BCUT2D eigenvalue weighted by Crippen LogP contribution is 2.26. The van der Waals surface area contributed by atoms with Gasteiger partial charge in [-0.15, -0.1) is 0 Å². The van der Waals surface area contributed by atoms with Gasteiger partial charge in [0.05, 0.1) is 20.4 Å². The summed E-state index contributed by atoms with van der Waals surface area (Å²) in [4.78, 5) is 24.9. The summed E-state index contributed by atoms with van der Waals surface area (Å²) in [5.74, 6) is 0.234. The van der Waals surface area contributed by atoms with E-state index in [0.29, 0.717) is 27.6 Å². The molecule has 2 amide bonds. The minimum absolute atomic E-state index is 0.137. The Kier molecular flexibility index (Phi) is 8.03. The number of nitrogens with zero attached hydrogens (tertiary/aromatic N) is 1. The van der Waals surface area contributed by atoms with Gasteiger partial charge in [0.2, 0.25) is 0 Å². The summed E-state index contributed by atoms with van der Waals surface area (Å²) in [6.07, 6.45) is 1.48. The predicted molar refractivity (Wildman–Crippen MR) is 113 cm³/mol. The number of carbonyl (C=O) groups excluding carboxylic acids is 2. The zero-order valence-corrected chi connectivity index (χ0v) is 17.5. The fourth-order valence-corrected chi connectivity index (χ4v) is 2.66. The molecule has 0 fully saturated rings. The molecule has 0 aliphatic heterocycles. The average molecular weight is 418 g/mol. The number of ether oxygens (including phenoxy) is 2. The fourth-order valence-electron chi connectivity index (χ4n) is 2.53. The van der Waals surface area contributed by atoms with Gasteiger partial charge in [0.15, 0.2) is 11.5 Å². The SMILES string of the molecule is COc1ccc(C=NNC(=O)C(NC(=O)c2ccc(Cl)cc2)C(C)C)cc1OC. The Labute approximate surface area is 175 Å². The van der Waals surface area contributed by atoms with Crippen molar-refractivity contribution in [3.63, 3.8) is 0 Å². The predicted octanol–water partition coefficient (Wildman–Crippen LogP) is 3.26. The highest BCUT2D eigenvalue weighted by Gasteiger charge is 2.24. The molecule has 0 radical (unpaired) electrons. The third-order valence-electron chi connectivity index (χ3n) is 4.14. The smallest absolute Gasteiger partial charge is 0.262 e. The summed E-state index contributed by atoms with van der Waals surface area (Å²) in [6, 6.07) is 10.9. The lowest BCUT2D eigenvalue weighted by Gasteiger charge is -2.20. The van der Waals surface area contributed by atoms with Crippen molar-refractivity contribution in [3.05, 3.63) is 58.6 Å². The molecule has 0 aliphatic rings. The Morgan fingerprint density at radius 3 is 2.28 bits per heavy atom. The van der Waals surface area contributed by atoms with Crippen LogP contribution in [0.5, 0.6) is 11.5 Å². The Morgan fingerprint density at radius 2 is 1.69 bits per heavy atom. The van der Waals surface area contributed by atoms with Crippen LogP contribution in [0.3, 0.4) is 0 Å². The van der Waals surface area contributed by atoms with Gasteiger partial charge in [0, 0.05) is 10.6 Å². The molecule has 0 saturated heterocycles. The van der Waals surface area contributed by atoms with Crippen molar-refractivity contribution in [1.82, 2.24) is 10.7 Å². The second-order valence-electron chi connectivity index (χ2n) is 6.55. The normalized spacial score (nSPS) is 11.9. The van der Waals surface area contributed by atoms with Crippen molar-refractivity contribution in [2.75, 3.05) is 14.2 Å². The highest BCUT2D eigenvalue weighted by atomic mass is 35.5. The number of rotatable bonds is 8. The standard InChI is InChI=1S/C21H24ClN3O4/c1-13(2)19(24-20(26)15-6-8-16(22)9-7-15)21(27)25-23-12-14-5-10-17(28-3)18(11-14)29-4/h5-13,19H,1-4H3,(H,24,26)(H,25,27). The van der Waals surface area contributed by atoms with E-state index in [-0.39, 0.29) is 11.8 Å². The van der Waals surface area contributed by atoms with Gasteiger partial charge in [0.1, 0.15) is 6.04 Å². The molecule has 2 N–H and O–H groups in total. The van der Waals surface area contributed by atoms with Gasteiger partial charge in [-0.25, -0.2) is 5.43 Å². The number of benzene rings is 2. The van der Waals surface area contributed by atoms with Crippen LogP contribution in [0.4, 0.5) is 0 Å². The first-order chi connectivity index (χ1) is 13.8. The number of hydrogen-bond acceptors (Lipinski definition) is 5. The molecule has 2 aromatic carbocycles. The lowest BCUT2D eigenvalue weighted by Crippen LogP contribution is -2.48. The van der Waals surface area contributed by atoms with Gasteiger partial charge in [-0.3, -0.25) is 9.59 Å². The van der Waals surface area contributed by atoms with E-state index in [4.69, 9.17) is 21.1 Å². The first-order valence-corrected chi connectivity index (χ1v) is 9.35. The van der Waals surface area contributed by atoms with Crippen LogP contribution in [-0.4, -0.2) is 38.3 Å². The lowest BCUT2D eigenvalue weighted by molar-refractivity contribution is -0.123. The first-order valence-electron chi connectivity index (χ1n) is 8.97. The van der Waals surface area contributed by atoms with Crippen LogP contribution in [0.2, 0.25) is 5.02 Å². The van der Waals surface area contributed by atoms with Gasteiger partial charge >= 0.3 is 0 Å². The number of hydrazone groups is 1. The fraction of sp³-hybridized carbons (Fsp3) is 0.286. The van der Waals surface area contributed by atoms with Crippen LogP contribution < -0.4 is 20.2 Å². The Bertz CT molecular complexity index is 882. The van der Waals surface area contributed by atoms with Crippen LogP contribution in [0.1, 0.15) is 29.8 Å². The summed E-state index contributed by atoms with van der Waals surface area (Å²) >= 11 is 5.84. The number of hydrogen-bond donors (Lipinski definition) is 2. The third kappa shape index (κ3) is 6.22. The Hall–Kier alpha value is -3.06. The third-order valence-corrected chi connectivity index (χ3v) is 4.39. The van der Waals surface area contributed by atoms with E-state index in [1.54, 1.807) is 49.6 Å². The average Bonchev–Trinajstić information content (AvgIpc) is 2.71. The van der Waals surface area contributed by atoms with Crippen molar-refractivity contribution in [1.29, 1.82) is 0 Å². The van der Waals surface area contributed by atoms with E-state index in [9.17, 15) is 9.59 Å². The molecule has 0 spiro atoms. The number of methoxy groups -OCH3 is 2. The zero-order valence-electron chi connectivity index (χ0n) is 16.7. The quantitative estimate of drug-likeness (QED) is 0.509. The lowest BCUT2D eigenvalue weighted by atomic mass is 10.0. The largest absolute Gasteiger partial charge is 0.493 e. The minimum atomic E-state index is -0.749. The zero-order chi connectivity index (χ0) is 21.4. The summed E-state index contributed by atoms with van der Waals surface area (Å²) in [5.41, 5.74) is 3.60. The van der Waals surface area contributed by atoms with E-state index in [2.05, 4.69) is 15.8 Å². The molecular weight excluding hydrogens is 394 g/mol. The van der Waals surface area contributed by atoms with Gasteiger partial charge in [-0.05, 0) is 53.9 Å². The molecule has 2 rings (SSSR count). The van der Waals surface area contributed by atoms with Crippen LogP contribution in [0.15, 0.2) is 47.6 Å². The van der Waals surface area contributed by atoms with Gasteiger partial charge in [-0.1, -0.05) is 25.4 Å². The molecule has 154 valence electrons. The first kappa shape index (κ1) is 22.2. The van der Waals surface area contributed by atoms with Gasteiger partial charge in [0.25, 0.3) is 11.8 Å². The maximum absolute atomic E-state index is 12.5. The van der Waals surface area contributed by atoms with Crippen LogP contribution >= 0.6 is 11.6 Å². The van der Waals surface area contributed by atoms with E-state index in [1.807, 2.05) is 13.8 Å². The maximum atomic E-state index is 12.5. The molecule has 0 heterocycles. The molecule has 8 heteroatoms. The molecule has 0 saturated carbocycles. The summed E-state index contributed by atoms with van der Waals surface area (Å²) in [6.45, 7) is 3.68. The van der Waals surface area contributed by atoms with Crippen molar-refractivity contribution in [2.45, 2.75) is 19.9 Å². The molecule has 29 heavy (non-hydrogen) atoms. The molecule has 1 atom stereocenters. The van der Waals surface area contributed by atoms with Gasteiger partial charge < -0.3 is 14.8 Å². The molecule has 1 unspecified atom stereocenters. The topological polar surface area (TPSA) is 89.0 Å². The maximum Gasteiger partial charge on any atom is 0.262 e. The summed E-state index contributed by atoms with van der Waals surface area (Å²) in [5, 5.41) is 7.24. The van der Waals surface area contributed by atoms with Crippen molar-refractivity contribution < 1.29 is 19.1 Å². The highest BCUT2D eigenvalue weighted by molar-refractivity contribution is 6.30. The number of nitrogens with one attached hydrogen (secondary N) is 2. The molecule has 7 nitrogen and oxygen atoms in total. The second kappa shape index (κ2) is 10.5. The monoisotopic (exact) mass is 417 g/mol. The molecule has 0 bridgehead atoms. The van der Waals surface area contributed by atoms with Crippen molar-refractivity contribution in [2.24, 2.45) is 11.0 Å². The molecular formula is C21H24ClN3O4. The van der Waals surface area contributed by atoms with Crippen molar-refractivity contribution >= 4 is 29.6 Å². The van der Waals surface area contributed by atoms with Crippen LogP contribution in [0.25, 0.3) is 0 Å². The number of amides is 2. The molecule has 0 aliphatic carbocycles. The van der Waals surface area contributed by atoms with E-state index in [1.165, 1.54) is 13.3 Å². The van der Waals surface area contributed by atoms with E-state index in [0.717, 1.165) is 0 Å². The van der Waals surface area contributed by atoms with E-state index >= 15 is 0 Å². The van der Waals surface area contributed by atoms with E-state index < -0.39 is 11.9 Å². The van der Waals surface area contributed by atoms with Crippen molar-refractivity contribution in [3.8, 4) is 11.5 Å². The minimum Gasteiger partial charge on any atom is -0.493 e. The van der Waals surface area contributed by atoms with Crippen LogP contribution in [0, 0.1) is 5.92 Å². The molecule has 2 aromatic rings. The Morgan fingerprint density at radius 1 is 1.03 bits per heavy atom. The summed E-state index contributed by atoms with van der Waals surface area (Å²) < 4.78 is 10.4.